The number of rotatable bonds is 10. The first-order valence-electron chi connectivity index (χ1n) is 10.6. The monoisotopic (exact) mass is 439 g/mol. The van der Waals surface area contributed by atoms with Crippen molar-refractivity contribution < 1.29 is 14.4 Å². The van der Waals surface area contributed by atoms with E-state index >= 15 is 0 Å². The van der Waals surface area contributed by atoms with E-state index in [1.54, 1.807) is 24.3 Å². The Morgan fingerprint density at radius 2 is 1.68 bits per heavy atom. The number of benzene rings is 2. The van der Waals surface area contributed by atoms with Gasteiger partial charge in [-0.25, -0.2) is 0 Å². The zero-order valence-corrected chi connectivity index (χ0v) is 18.8. The van der Waals surface area contributed by atoms with Crippen LogP contribution in [0.2, 0.25) is 0 Å². The Balaban J connectivity index is 1.34. The number of hydrogen-bond donors (Lipinski definition) is 3. The molecule has 164 valence electrons. The molecule has 0 atom stereocenters. The van der Waals surface area contributed by atoms with Gasteiger partial charge in [-0.1, -0.05) is 24.3 Å². The van der Waals surface area contributed by atoms with Gasteiger partial charge in [0.2, 0.25) is 11.8 Å². The molecule has 7 heteroatoms. The van der Waals surface area contributed by atoms with Crippen LogP contribution in [0.3, 0.4) is 0 Å². The van der Waals surface area contributed by atoms with Gasteiger partial charge in [-0.05, 0) is 68.2 Å². The van der Waals surface area contributed by atoms with Gasteiger partial charge >= 0.3 is 0 Å². The minimum atomic E-state index is -0.121. The van der Waals surface area contributed by atoms with Crippen LogP contribution in [0.15, 0.2) is 42.5 Å². The summed E-state index contributed by atoms with van der Waals surface area (Å²) in [6.45, 7) is 3.96. The van der Waals surface area contributed by atoms with Crippen LogP contribution in [-0.2, 0) is 9.59 Å². The van der Waals surface area contributed by atoms with E-state index in [0.717, 1.165) is 35.4 Å². The SMILES string of the molecule is Cc1cccc(C)c1NC(=O)CCCSCC(=O)Nc1cccc(C(=O)NC2CC2)c1. The van der Waals surface area contributed by atoms with Gasteiger partial charge in [0.15, 0.2) is 0 Å². The number of amides is 3. The third kappa shape index (κ3) is 7.43. The van der Waals surface area contributed by atoms with E-state index in [9.17, 15) is 14.4 Å². The van der Waals surface area contributed by atoms with Gasteiger partial charge in [-0.3, -0.25) is 14.4 Å². The van der Waals surface area contributed by atoms with Crippen LogP contribution < -0.4 is 16.0 Å². The lowest BCUT2D eigenvalue weighted by atomic mass is 10.1. The molecule has 1 fully saturated rings. The minimum absolute atomic E-state index is 0.0104. The average molecular weight is 440 g/mol. The first-order valence-corrected chi connectivity index (χ1v) is 11.7. The Kier molecular flexibility index (Phi) is 8.12. The van der Waals surface area contributed by atoms with E-state index in [-0.39, 0.29) is 17.7 Å². The van der Waals surface area contributed by atoms with Crippen molar-refractivity contribution in [3.05, 3.63) is 59.2 Å². The number of thioether (sulfide) groups is 1. The van der Waals surface area contributed by atoms with Gasteiger partial charge < -0.3 is 16.0 Å². The standard InChI is InChI=1S/C24H29N3O3S/c1-16-6-3-7-17(2)23(16)27-21(28)10-5-13-31-15-22(29)25-20-9-4-8-18(14-20)24(30)26-19-11-12-19/h3-4,6-9,14,19H,5,10-13,15H2,1-2H3,(H,25,29)(H,26,30)(H,27,28). The molecule has 2 aromatic rings. The maximum absolute atomic E-state index is 12.2. The highest BCUT2D eigenvalue weighted by Crippen LogP contribution is 2.21. The molecule has 0 heterocycles. The van der Waals surface area contributed by atoms with Crippen molar-refractivity contribution in [2.75, 3.05) is 22.1 Å². The highest BCUT2D eigenvalue weighted by molar-refractivity contribution is 7.99. The van der Waals surface area contributed by atoms with Crippen molar-refractivity contribution in [3.63, 3.8) is 0 Å². The lowest BCUT2D eigenvalue weighted by molar-refractivity contribution is -0.116. The fourth-order valence-electron chi connectivity index (χ4n) is 3.14. The molecule has 0 saturated heterocycles. The Morgan fingerprint density at radius 3 is 2.39 bits per heavy atom. The van der Waals surface area contributed by atoms with Crippen LogP contribution in [0.4, 0.5) is 11.4 Å². The van der Waals surface area contributed by atoms with Gasteiger partial charge in [-0.2, -0.15) is 11.8 Å². The van der Waals surface area contributed by atoms with Crippen molar-refractivity contribution in [2.45, 2.75) is 45.6 Å². The predicted molar refractivity (Wildman–Crippen MR) is 127 cm³/mol. The molecule has 0 aliphatic heterocycles. The lowest BCUT2D eigenvalue weighted by Crippen LogP contribution is -2.25. The minimum Gasteiger partial charge on any atom is -0.349 e. The molecule has 0 aromatic heterocycles. The van der Waals surface area contributed by atoms with Crippen LogP contribution in [-0.4, -0.2) is 35.3 Å². The number of anilines is 2. The maximum Gasteiger partial charge on any atom is 0.251 e. The second kappa shape index (κ2) is 11.0. The Hall–Kier alpha value is -2.80. The second-order valence-corrected chi connectivity index (χ2v) is 8.95. The normalized spacial score (nSPS) is 12.8. The summed E-state index contributed by atoms with van der Waals surface area (Å²) >= 11 is 1.49. The molecule has 1 aliphatic rings. The molecule has 3 amide bonds. The van der Waals surface area contributed by atoms with Crippen molar-refractivity contribution in [2.24, 2.45) is 0 Å². The smallest absolute Gasteiger partial charge is 0.251 e. The largest absolute Gasteiger partial charge is 0.349 e. The van der Waals surface area contributed by atoms with E-state index in [1.807, 2.05) is 32.0 Å². The molecule has 1 aliphatic carbocycles. The Morgan fingerprint density at radius 1 is 0.968 bits per heavy atom. The summed E-state index contributed by atoms with van der Waals surface area (Å²) in [6.07, 6.45) is 3.19. The van der Waals surface area contributed by atoms with Crippen molar-refractivity contribution in [1.82, 2.24) is 5.32 Å². The predicted octanol–water partition coefficient (Wildman–Crippen LogP) is 4.29. The molecule has 0 bridgehead atoms. The quantitative estimate of drug-likeness (QED) is 0.482. The molecule has 3 N–H and O–H groups in total. The van der Waals surface area contributed by atoms with Gasteiger partial charge in [0.05, 0.1) is 5.75 Å². The number of para-hydroxylation sites is 1. The topological polar surface area (TPSA) is 87.3 Å². The van der Waals surface area contributed by atoms with Crippen LogP contribution in [0.1, 0.15) is 47.2 Å². The summed E-state index contributed by atoms with van der Waals surface area (Å²) in [5, 5.41) is 8.75. The third-order valence-electron chi connectivity index (χ3n) is 4.99. The second-order valence-electron chi connectivity index (χ2n) is 7.85. The van der Waals surface area contributed by atoms with E-state index in [1.165, 1.54) is 11.8 Å². The molecule has 0 radical (unpaired) electrons. The van der Waals surface area contributed by atoms with E-state index in [4.69, 9.17) is 0 Å². The van der Waals surface area contributed by atoms with Crippen LogP contribution in [0, 0.1) is 13.8 Å². The fraction of sp³-hybridized carbons (Fsp3) is 0.375. The van der Waals surface area contributed by atoms with Crippen molar-refractivity contribution in [3.8, 4) is 0 Å². The van der Waals surface area contributed by atoms with Crippen LogP contribution in [0.25, 0.3) is 0 Å². The van der Waals surface area contributed by atoms with Crippen molar-refractivity contribution in [1.29, 1.82) is 0 Å². The zero-order valence-electron chi connectivity index (χ0n) is 18.0. The Bertz CT molecular complexity index is 937. The van der Waals surface area contributed by atoms with E-state index < -0.39 is 0 Å². The molecule has 2 aromatic carbocycles. The van der Waals surface area contributed by atoms with Crippen LogP contribution in [0.5, 0.6) is 0 Å². The number of aryl methyl sites for hydroxylation is 2. The molecular weight excluding hydrogens is 410 g/mol. The molecule has 0 spiro atoms. The number of carbonyl (C=O) groups is 3. The summed E-state index contributed by atoms with van der Waals surface area (Å²) in [7, 11) is 0. The highest BCUT2D eigenvalue weighted by Gasteiger charge is 2.23. The molecule has 31 heavy (non-hydrogen) atoms. The molecule has 3 rings (SSSR count). The molecule has 1 saturated carbocycles. The first-order chi connectivity index (χ1) is 14.9. The maximum atomic E-state index is 12.2. The Labute approximate surface area is 187 Å². The van der Waals surface area contributed by atoms with Gasteiger partial charge in [0, 0.05) is 29.4 Å². The number of hydrogen-bond acceptors (Lipinski definition) is 4. The number of nitrogens with one attached hydrogen (secondary N) is 3. The summed E-state index contributed by atoms with van der Waals surface area (Å²) in [6, 6.07) is 13.2. The van der Waals surface area contributed by atoms with Gasteiger partial charge in [0.1, 0.15) is 0 Å². The van der Waals surface area contributed by atoms with Crippen molar-refractivity contribution >= 4 is 40.9 Å². The van der Waals surface area contributed by atoms with Gasteiger partial charge in [-0.15, -0.1) is 0 Å². The lowest BCUT2D eigenvalue weighted by Gasteiger charge is -2.11. The van der Waals surface area contributed by atoms with Gasteiger partial charge in [0.25, 0.3) is 5.91 Å². The summed E-state index contributed by atoms with van der Waals surface area (Å²) in [5.74, 6) is 0.787. The first kappa shape index (κ1) is 22.9. The summed E-state index contributed by atoms with van der Waals surface area (Å²) < 4.78 is 0. The zero-order chi connectivity index (χ0) is 22.2. The summed E-state index contributed by atoms with van der Waals surface area (Å²) in [4.78, 5) is 36.5. The van der Waals surface area contributed by atoms with Crippen LogP contribution >= 0.6 is 11.8 Å². The molecule has 0 unspecified atom stereocenters. The highest BCUT2D eigenvalue weighted by atomic mass is 32.2. The van der Waals surface area contributed by atoms with E-state index in [0.29, 0.717) is 35.9 Å². The average Bonchev–Trinajstić information content (AvgIpc) is 3.55. The fourth-order valence-corrected chi connectivity index (χ4v) is 3.90. The molecular formula is C24H29N3O3S. The van der Waals surface area contributed by atoms with E-state index in [2.05, 4.69) is 16.0 Å². The number of carbonyl (C=O) groups excluding carboxylic acids is 3. The molecule has 6 nitrogen and oxygen atoms in total. The summed E-state index contributed by atoms with van der Waals surface area (Å²) in [5.41, 5.74) is 4.14. The third-order valence-corrected chi connectivity index (χ3v) is 6.04.